The van der Waals surface area contributed by atoms with E-state index in [0.717, 1.165) is 36.3 Å². The van der Waals surface area contributed by atoms with E-state index in [0.29, 0.717) is 0 Å². The first-order valence-electron chi connectivity index (χ1n) is 7.65. The summed E-state index contributed by atoms with van der Waals surface area (Å²) in [6.45, 7) is 1.55. The van der Waals surface area contributed by atoms with Crippen LogP contribution in [0.3, 0.4) is 0 Å². The van der Waals surface area contributed by atoms with Crippen molar-refractivity contribution >= 4 is 33.0 Å². The summed E-state index contributed by atoms with van der Waals surface area (Å²) in [5.74, 6) is 0.114. The van der Waals surface area contributed by atoms with Gasteiger partial charge in [0.15, 0.2) is 0 Å². The van der Waals surface area contributed by atoms with Gasteiger partial charge in [0.1, 0.15) is 0 Å². The van der Waals surface area contributed by atoms with E-state index in [1.807, 2.05) is 31.6 Å². The van der Waals surface area contributed by atoms with Crippen LogP contribution in [-0.2, 0) is 13.0 Å². The zero-order chi connectivity index (χ0) is 15.8. The Morgan fingerprint density at radius 3 is 3.09 bits per heavy atom. The van der Waals surface area contributed by atoms with Crippen LogP contribution < -0.4 is 5.32 Å². The van der Waals surface area contributed by atoms with Crippen LogP contribution in [0.15, 0.2) is 42.7 Å². The molecule has 1 amide bonds. The number of carbonyl (C=O) groups is 1. The fourth-order valence-corrected chi connectivity index (χ4v) is 3.89. The Bertz CT molecular complexity index is 854. The van der Waals surface area contributed by atoms with Gasteiger partial charge in [0.05, 0.1) is 4.70 Å². The summed E-state index contributed by atoms with van der Waals surface area (Å²) in [4.78, 5) is 19.5. The number of benzene rings is 1. The maximum absolute atomic E-state index is 12.3. The van der Waals surface area contributed by atoms with Crippen LogP contribution in [0.4, 0.5) is 5.69 Å². The zero-order valence-electron chi connectivity index (χ0n) is 12.9. The first kappa shape index (κ1) is 14.2. The van der Waals surface area contributed by atoms with E-state index in [2.05, 4.69) is 28.5 Å². The number of hydrogen-bond donors (Lipinski definition) is 1. The number of rotatable bonds is 3. The highest BCUT2D eigenvalue weighted by molar-refractivity contribution is 7.19. The summed E-state index contributed by atoms with van der Waals surface area (Å²) in [6, 6.07) is 10.3. The molecule has 1 aliphatic rings. The molecule has 1 N–H and O–H groups in total. The van der Waals surface area contributed by atoms with Crippen molar-refractivity contribution in [3.63, 3.8) is 0 Å². The standard InChI is InChI=1S/C18H17N3OS/c1-21-7-5-12-2-3-14(9-16(12)18(21)22)20-10-15-8-13-4-6-19-11-17(13)23-15/h2-4,6,8-9,11,20H,5,7,10H2,1H3. The average Bonchev–Trinajstić information content (AvgIpc) is 2.99. The summed E-state index contributed by atoms with van der Waals surface area (Å²) in [7, 11) is 1.86. The highest BCUT2D eigenvalue weighted by Crippen LogP contribution is 2.26. The molecule has 3 aromatic rings. The minimum absolute atomic E-state index is 0.114. The van der Waals surface area contributed by atoms with E-state index in [9.17, 15) is 4.79 Å². The molecular weight excluding hydrogens is 306 g/mol. The largest absolute Gasteiger partial charge is 0.380 e. The number of anilines is 1. The van der Waals surface area contributed by atoms with Crippen LogP contribution in [-0.4, -0.2) is 29.4 Å². The van der Waals surface area contributed by atoms with E-state index in [1.54, 1.807) is 16.2 Å². The van der Waals surface area contributed by atoms with Crippen molar-refractivity contribution in [3.05, 3.63) is 58.7 Å². The lowest BCUT2D eigenvalue weighted by atomic mass is 9.99. The fraction of sp³-hybridized carbons (Fsp3) is 0.222. The Morgan fingerprint density at radius 1 is 1.30 bits per heavy atom. The van der Waals surface area contributed by atoms with Crippen LogP contribution in [0.5, 0.6) is 0 Å². The number of nitrogens with one attached hydrogen (secondary N) is 1. The number of hydrogen-bond acceptors (Lipinski definition) is 4. The highest BCUT2D eigenvalue weighted by atomic mass is 32.1. The SMILES string of the molecule is CN1CCc2ccc(NCc3cc4ccncc4s3)cc2C1=O. The smallest absolute Gasteiger partial charge is 0.253 e. The lowest BCUT2D eigenvalue weighted by molar-refractivity contribution is 0.0781. The Morgan fingerprint density at radius 2 is 2.22 bits per heavy atom. The summed E-state index contributed by atoms with van der Waals surface area (Å²) in [5.41, 5.74) is 2.96. The molecule has 2 aromatic heterocycles. The van der Waals surface area contributed by atoms with Crippen molar-refractivity contribution in [1.82, 2.24) is 9.88 Å². The second kappa shape index (κ2) is 5.66. The van der Waals surface area contributed by atoms with Crippen LogP contribution in [0.2, 0.25) is 0 Å². The number of carbonyl (C=O) groups excluding carboxylic acids is 1. The summed E-state index contributed by atoms with van der Waals surface area (Å²) < 4.78 is 1.20. The van der Waals surface area contributed by atoms with Crippen molar-refractivity contribution in [2.45, 2.75) is 13.0 Å². The van der Waals surface area contributed by atoms with Gasteiger partial charge in [-0.3, -0.25) is 9.78 Å². The number of likely N-dealkylation sites (N-methyl/N-ethyl adjacent to an activating group) is 1. The van der Waals surface area contributed by atoms with Gasteiger partial charge in [-0.15, -0.1) is 11.3 Å². The minimum atomic E-state index is 0.114. The van der Waals surface area contributed by atoms with Crippen molar-refractivity contribution in [2.75, 3.05) is 18.9 Å². The number of fused-ring (bicyclic) bond motifs is 2. The van der Waals surface area contributed by atoms with E-state index < -0.39 is 0 Å². The Labute approximate surface area is 138 Å². The van der Waals surface area contributed by atoms with E-state index in [-0.39, 0.29) is 5.91 Å². The summed E-state index contributed by atoms with van der Waals surface area (Å²) in [5, 5.41) is 4.65. The molecule has 23 heavy (non-hydrogen) atoms. The van der Waals surface area contributed by atoms with Crippen molar-refractivity contribution in [2.24, 2.45) is 0 Å². The molecule has 3 heterocycles. The topological polar surface area (TPSA) is 45.2 Å². The maximum Gasteiger partial charge on any atom is 0.253 e. The van der Waals surface area contributed by atoms with Crippen molar-refractivity contribution in [3.8, 4) is 0 Å². The average molecular weight is 323 g/mol. The molecule has 0 saturated carbocycles. The molecule has 0 fully saturated rings. The summed E-state index contributed by atoms with van der Waals surface area (Å²) in [6.07, 6.45) is 4.65. The lowest BCUT2D eigenvalue weighted by Gasteiger charge is -2.25. The third-order valence-corrected chi connectivity index (χ3v) is 5.33. The monoisotopic (exact) mass is 323 g/mol. The first-order chi connectivity index (χ1) is 11.2. The molecule has 0 spiro atoms. The predicted octanol–water partition coefficient (Wildman–Crippen LogP) is 3.54. The molecular formula is C18H17N3OS. The van der Waals surface area contributed by atoms with Crippen LogP contribution in [0, 0.1) is 0 Å². The maximum atomic E-state index is 12.3. The molecule has 4 rings (SSSR count). The number of pyridine rings is 1. The lowest BCUT2D eigenvalue weighted by Crippen LogP contribution is -2.34. The number of amides is 1. The Kier molecular flexibility index (Phi) is 3.50. The second-order valence-corrected chi connectivity index (χ2v) is 7.00. The van der Waals surface area contributed by atoms with Gasteiger partial charge < -0.3 is 10.2 Å². The van der Waals surface area contributed by atoms with Crippen LogP contribution in [0.25, 0.3) is 10.1 Å². The summed E-state index contributed by atoms with van der Waals surface area (Å²) >= 11 is 1.75. The molecule has 0 atom stereocenters. The molecule has 0 radical (unpaired) electrons. The van der Waals surface area contributed by atoms with E-state index >= 15 is 0 Å². The van der Waals surface area contributed by atoms with Crippen molar-refractivity contribution < 1.29 is 4.79 Å². The van der Waals surface area contributed by atoms with Gasteiger partial charge in [0.2, 0.25) is 0 Å². The Balaban J connectivity index is 1.54. The number of nitrogens with zero attached hydrogens (tertiary/aromatic N) is 2. The predicted molar refractivity (Wildman–Crippen MR) is 94.1 cm³/mol. The third kappa shape index (κ3) is 2.68. The highest BCUT2D eigenvalue weighted by Gasteiger charge is 2.21. The molecule has 5 heteroatoms. The quantitative estimate of drug-likeness (QED) is 0.802. The minimum Gasteiger partial charge on any atom is -0.380 e. The number of thiophene rings is 1. The second-order valence-electron chi connectivity index (χ2n) is 5.83. The number of aromatic nitrogens is 1. The first-order valence-corrected chi connectivity index (χ1v) is 8.47. The van der Waals surface area contributed by atoms with E-state index in [4.69, 9.17) is 0 Å². The molecule has 0 unspecified atom stereocenters. The zero-order valence-corrected chi connectivity index (χ0v) is 13.7. The van der Waals surface area contributed by atoms with Crippen LogP contribution >= 0.6 is 11.3 Å². The molecule has 0 saturated heterocycles. The normalized spacial score (nSPS) is 14.1. The third-order valence-electron chi connectivity index (χ3n) is 4.24. The van der Waals surface area contributed by atoms with E-state index in [1.165, 1.54) is 15.0 Å². The van der Waals surface area contributed by atoms with Gasteiger partial charge in [-0.05, 0) is 41.6 Å². The molecule has 1 aliphatic heterocycles. The molecule has 116 valence electrons. The van der Waals surface area contributed by atoms with Gasteiger partial charge in [0.25, 0.3) is 5.91 Å². The van der Waals surface area contributed by atoms with Gasteiger partial charge in [-0.2, -0.15) is 0 Å². The van der Waals surface area contributed by atoms with Crippen LogP contribution in [0.1, 0.15) is 20.8 Å². The molecule has 4 nitrogen and oxygen atoms in total. The molecule has 1 aromatic carbocycles. The Hall–Kier alpha value is -2.40. The van der Waals surface area contributed by atoms with Gasteiger partial charge in [0, 0.05) is 48.7 Å². The molecule has 0 aliphatic carbocycles. The van der Waals surface area contributed by atoms with Gasteiger partial charge in [-0.1, -0.05) is 6.07 Å². The van der Waals surface area contributed by atoms with Gasteiger partial charge in [-0.25, -0.2) is 0 Å². The molecule has 0 bridgehead atoms. The van der Waals surface area contributed by atoms with Crippen molar-refractivity contribution in [1.29, 1.82) is 0 Å². The fourth-order valence-electron chi connectivity index (χ4n) is 2.91. The van der Waals surface area contributed by atoms with Gasteiger partial charge >= 0.3 is 0 Å².